The third-order valence-corrected chi connectivity index (χ3v) is 8.86. The molecule has 0 saturated carbocycles. The number of benzene rings is 1. The Hall–Kier alpha value is -3.13. The number of aromatic nitrogens is 1. The van der Waals surface area contributed by atoms with E-state index in [9.17, 15) is 22.4 Å². The second-order valence-corrected chi connectivity index (χ2v) is 11.4. The lowest BCUT2D eigenvalue weighted by atomic mass is 10.0. The normalized spacial score (nSPS) is 25.7. The quantitative estimate of drug-likeness (QED) is 0.523. The van der Waals surface area contributed by atoms with Gasteiger partial charge in [0.15, 0.2) is 6.29 Å². The number of nitrogens with one attached hydrogen (secondary N) is 1. The first-order valence-electron chi connectivity index (χ1n) is 12.5. The fourth-order valence-corrected chi connectivity index (χ4v) is 6.89. The van der Waals surface area contributed by atoms with Crippen LogP contribution in [0.3, 0.4) is 0 Å². The predicted molar refractivity (Wildman–Crippen MR) is 131 cm³/mol. The van der Waals surface area contributed by atoms with Gasteiger partial charge in [0.25, 0.3) is 5.91 Å². The van der Waals surface area contributed by atoms with Crippen LogP contribution >= 0.6 is 0 Å². The molecule has 2 amide bonds. The number of fused-ring (bicyclic) bond motifs is 2. The lowest BCUT2D eigenvalue weighted by Crippen LogP contribution is -2.66. The molecule has 1 aromatic heterocycles. The summed E-state index contributed by atoms with van der Waals surface area (Å²) in [6.45, 7) is 1.89. The van der Waals surface area contributed by atoms with Gasteiger partial charge in [0, 0.05) is 38.6 Å². The largest absolute Gasteiger partial charge is 0.439 e. The number of hydroxylamine groups is 1. The Morgan fingerprint density at radius 3 is 2.55 bits per heavy atom. The summed E-state index contributed by atoms with van der Waals surface area (Å²) in [4.78, 5) is 36.8. The van der Waals surface area contributed by atoms with Gasteiger partial charge in [-0.15, -0.1) is 0 Å². The summed E-state index contributed by atoms with van der Waals surface area (Å²) in [5.74, 6) is -0.838. The van der Waals surface area contributed by atoms with Crippen molar-refractivity contribution in [3.05, 3.63) is 48.4 Å². The van der Waals surface area contributed by atoms with E-state index in [-0.39, 0.29) is 29.3 Å². The lowest BCUT2D eigenvalue weighted by molar-refractivity contribution is -0.203. The molecule has 3 saturated heterocycles. The molecular formula is C25H29FN4O7S. The van der Waals surface area contributed by atoms with Crippen molar-refractivity contribution in [3.8, 4) is 11.6 Å². The van der Waals surface area contributed by atoms with Crippen LogP contribution in [0.15, 0.2) is 47.5 Å². The van der Waals surface area contributed by atoms with Crippen LogP contribution in [-0.2, 0) is 29.2 Å². The summed E-state index contributed by atoms with van der Waals surface area (Å²) in [6.07, 6.45) is 4.00. The third-order valence-electron chi connectivity index (χ3n) is 7.02. The minimum absolute atomic E-state index is 0.0374. The van der Waals surface area contributed by atoms with Gasteiger partial charge in [0.1, 0.15) is 22.5 Å². The maximum absolute atomic E-state index is 13.8. The summed E-state index contributed by atoms with van der Waals surface area (Å²) in [5, 5.41) is 0. The van der Waals surface area contributed by atoms with Crippen LogP contribution in [0.25, 0.3) is 0 Å². The smallest absolute Gasteiger partial charge is 0.264 e. The number of amides is 2. The number of piperazine rings is 1. The molecule has 3 aliphatic heterocycles. The van der Waals surface area contributed by atoms with Crippen LogP contribution in [0.4, 0.5) is 4.39 Å². The molecular weight excluding hydrogens is 519 g/mol. The molecule has 2 aromatic rings. The molecule has 0 spiro atoms. The molecule has 11 nitrogen and oxygen atoms in total. The monoisotopic (exact) mass is 548 g/mol. The minimum atomic E-state index is -4.19. The van der Waals surface area contributed by atoms with Gasteiger partial charge in [-0.3, -0.25) is 9.59 Å². The molecule has 4 atom stereocenters. The molecule has 0 radical (unpaired) electrons. The average molecular weight is 549 g/mol. The van der Waals surface area contributed by atoms with Gasteiger partial charge in [-0.05, 0) is 56.0 Å². The molecule has 1 unspecified atom stereocenters. The zero-order chi connectivity index (χ0) is 26.9. The number of carbonyl (C=O) groups is 2. The predicted octanol–water partition coefficient (Wildman–Crippen LogP) is 2.34. The summed E-state index contributed by atoms with van der Waals surface area (Å²) >= 11 is 0. The van der Waals surface area contributed by atoms with Crippen molar-refractivity contribution in [3.63, 3.8) is 0 Å². The maximum Gasteiger partial charge on any atom is 0.264 e. The summed E-state index contributed by atoms with van der Waals surface area (Å²) in [6, 6.07) is 5.87. The number of nitrogens with zero attached hydrogens (tertiary/aromatic N) is 3. The topological polar surface area (TPSA) is 127 Å². The first-order valence-corrected chi connectivity index (χ1v) is 14.0. The van der Waals surface area contributed by atoms with Gasteiger partial charge in [-0.1, -0.05) is 0 Å². The SMILES string of the molecule is CC(=O)N1[C@@H]2CC[C@H]1[C@H](C(=O)NOC1CCCCO1)N(S(=O)(=O)c1ccc(Oc3ccc(F)cc3)nc1)C2. The first-order chi connectivity index (χ1) is 18.2. The van der Waals surface area contributed by atoms with Gasteiger partial charge < -0.3 is 14.4 Å². The summed E-state index contributed by atoms with van der Waals surface area (Å²) < 4.78 is 52.8. The average Bonchev–Trinajstić information content (AvgIpc) is 3.23. The Balaban J connectivity index is 1.37. The molecule has 1 aromatic carbocycles. The van der Waals surface area contributed by atoms with Crippen LogP contribution in [0.5, 0.6) is 11.6 Å². The zero-order valence-electron chi connectivity index (χ0n) is 20.8. The van der Waals surface area contributed by atoms with Crippen molar-refractivity contribution in [1.29, 1.82) is 0 Å². The molecule has 1 N–H and O–H groups in total. The van der Waals surface area contributed by atoms with Gasteiger partial charge in [-0.25, -0.2) is 28.1 Å². The maximum atomic E-state index is 13.8. The van der Waals surface area contributed by atoms with Gasteiger partial charge >= 0.3 is 0 Å². The highest BCUT2D eigenvalue weighted by Gasteiger charge is 2.54. The van der Waals surface area contributed by atoms with Crippen molar-refractivity contribution in [2.24, 2.45) is 0 Å². The van der Waals surface area contributed by atoms with E-state index in [0.717, 1.165) is 23.3 Å². The molecule has 3 fully saturated rings. The van der Waals surface area contributed by atoms with Crippen LogP contribution < -0.4 is 10.2 Å². The fraction of sp³-hybridized carbons (Fsp3) is 0.480. The number of carbonyl (C=O) groups excluding carboxylic acids is 2. The van der Waals surface area contributed by atoms with Gasteiger partial charge in [-0.2, -0.15) is 4.31 Å². The second-order valence-electron chi connectivity index (χ2n) is 9.51. The number of halogens is 1. The van der Waals surface area contributed by atoms with E-state index in [1.165, 1.54) is 43.3 Å². The lowest BCUT2D eigenvalue weighted by Gasteiger charge is -2.44. The first kappa shape index (κ1) is 26.5. The van der Waals surface area contributed by atoms with E-state index >= 15 is 0 Å². The summed E-state index contributed by atoms with van der Waals surface area (Å²) in [7, 11) is -4.19. The molecule has 4 heterocycles. The molecule has 38 heavy (non-hydrogen) atoms. The number of ether oxygens (including phenoxy) is 2. The number of hydrogen-bond acceptors (Lipinski definition) is 8. The highest BCUT2D eigenvalue weighted by Crippen LogP contribution is 2.37. The van der Waals surface area contributed by atoms with E-state index in [0.29, 0.717) is 31.6 Å². The number of hydrogen-bond donors (Lipinski definition) is 1. The Morgan fingerprint density at radius 2 is 1.89 bits per heavy atom. The Morgan fingerprint density at radius 1 is 1.11 bits per heavy atom. The van der Waals surface area contributed by atoms with Crippen molar-refractivity contribution < 1.29 is 36.7 Å². The molecule has 0 aliphatic carbocycles. The molecule has 3 aliphatic rings. The van der Waals surface area contributed by atoms with Crippen molar-refractivity contribution in [1.82, 2.24) is 19.7 Å². The summed E-state index contributed by atoms with van der Waals surface area (Å²) in [5.41, 5.74) is 2.39. The standard InChI is InChI=1S/C25H29FN4O7S/c1-16(31)30-18-7-11-21(30)24(25(32)28-37-23-4-2-3-13-35-23)29(15-18)38(33,34)20-10-12-22(27-14-20)36-19-8-5-17(26)6-9-19/h5-6,8-10,12,14,18,21,23-24H,2-4,7,11,13,15H2,1H3,(H,28,32)/t18-,21+,23?,24-/m1/s1. The van der Waals surface area contributed by atoms with Crippen molar-refractivity contribution in [2.75, 3.05) is 13.2 Å². The van der Waals surface area contributed by atoms with Crippen molar-refractivity contribution in [2.45, 2.75) is 68.3 Å². The molecule has 13 heteroatoms. The van der Waals surface area contributed by atoms with E-state index in [4.69, 9.17) is 14.3 Å². The molecule has 204 valence electrons. The van der Waals surface area contributed by atoms with Gasteiger partial charge in [0.05, 0.1) is 12.2 Å². The number of rotatable bonds is 7. The van der Waals surface area contributed by atoms with E-state index in [1.807, 2.05) is 0 Å². The van der Waals surface area contributed by atoms with Crippen LogP contribution in [0.1, 0.15) is 39.0 Å². The highest BCUT2D eigenvalue weighted by molar-refractivity contribution is 7.89. The number of pyridine rings is 1. The fourth-order valence-electron chi connectivity index (χ4n) is 5.29. The third kappa shape index (κ3) is 5.37. The van der Waals surface area contributed by atoms with Crippen LogP contribution in [0.2, 0.25) is 0 Å². The zero-order valence-corrected chi connectivity index (χ0v) is 21.6. The number of sulfonamides is 1. The Bertz CT molecular complexity index is 1270. The van der Waals surface area contributed by atoms with Crippen molar-refractivity contribution >= 4 is 21.8 Å². The Kier molecular flexibility index (Phi) is 7.61. The second kappa shape index (κ2) is 10.9. The van der Waals surface area contributed by atoms with E-state index < -0.39 is 40.1 Å². The van der Waals surface area contributed by atoms with Crippen LogP contribution in [-0.4, -0.2) is 72.0 Å². The van der Waals surface area contributed by atoms with Crippen LogP contribution in [0, 0.1) is 5.82 Å². The molecule has 5 rings (SSSR count). The Labute approximate surface area is 219 Å². The van der Waals surface area contributed by atoms with Gasteiger partial charge in [0.2, 0.25) is 21.8 Å². The van der Waals surface area contributed by atoms with E-state index in [1.54, 1.807) is 4.90 Å². The van der Waals surface area contributed by atoms with E-state index in [2.05, 4.69) is 10.5 Å². The minimum Gasteiger partial charge on any atom is -0.439 e. The molecule has 2 bridgehead atoms. The highest BCUT2D eigenvalue weighted by atomic mass is 32.2.